The molecule has 1 rings (SSSR count). The summed E-state index contributed by atoms with van der Waals surface area (Å²) in [5.74, 6) is -0.720. The third-order valence-corrected chi connectivity index (χ3v) is 1.52. The molecule has 0 fully saturated rings. The molecule has 0 unspecified atom stereocenters. The highest BCUT2D eigenvalue weighted by atomic mass is 16.6. The van der Waals surface area contributed by atoms with Crippen LogP contribution in [0.3, 0.4) is 0 Å². The maximum absolute atomic E-state index is 10.3. The van der Waals surface area contributed by atoms with E-state index >= 15 is 0 Å². The van der Waals surface area contributed by atoms with Crippen molar-refractivity contribution in [2.45, 2.75) is 6.29 Å². The molecule has 0 aromatic heterocycles. The number of aliphatic hydroxyl groups is 2. The molecule has 3 N–H and O–H groups in total. The van der Waals surface area contributed by atoms with Crippen LogP contribution >= 0.6 is 0 Å². The Morgan fingerprint density at radius 2 is 2.00 bits per heavy atom. The minimum Gasteiger partial charge on any atom is -0.502 e. The van der Waals surface area contributed by atoms with Gasteiger partial charge >= 0.3 is 5.69 Å². The Kier molecular flexibility index (Phi) is 2.45. The molecule has 0 heterocycles. The van der Waals surface area contributed by atoms with Crippen molar-refractivity contribution in [3.8, 4) is 5.75 Å². The van der Waals surface area contributed by atoms with Crippen molar-refractivity contribution in [1.29, 1.82) is 0 Å². The molecule has 70 valence electrons. The average molecular weight is 185 g/mol. The van der Waals surface area contributed by atoms with Crippen LogP contribution in [0.1, 0.15) is 11.9 Å². The topological polar surface area (TPSA) is 104 Å². The van der Waals surface area contributed by atoms with E-state index in [1.165, 1.54) is 12.1 Å². The summed E-state index contributed by atoms with van der Waals surface area (Å²) in [7, 11) is 0. The van der Waals surface area contributed by atoms with Crippen molar-refractivity contribution in [1.82, 2.24) is 0 Å². The lowest BCUT2D eigenvalue weighted by atomic mass is 10.1. The Morgan fingerprint density at radius 1 is 1.38 bits per heavy atom. The van der Waals surface area contributed by atoms with E-state index in [9.17, 15) is 10.1 Å². The van der Waals surface area contributed by atoms with Crippen LogP contribution in [-0.4, -0.2) is 20.2 Å². The van der Waals surface area contributed by atoms with Gasteiger partial charge in [0.15, 0.2) is 6.29 Å². The number of nitro benzene ring substituents is 1. The number of benzene rings is 1. The number of hydrogen-bond acceptors (Lipinski definition) is 5. The molecule has 0 bridgehead atoms. The van der Waals surface area contributed by atoms with E-state index in [4.69, 9.17) is 15.3 Å². The van der Waals surface area contributed by atoms with E-state index in [0.717, 1.165) is 6.07 Å². The second kappa shape index (κ2) is 3.38. The molecule has 13 heavy (non-hydrogen) atoms. The van der Waals surface area contributed by atoms with Gasteiger partial charge in [0, 0.05) is 6.07 Å². The molecule has 0 atom stereocenters. The number of aromatic hydroxyl groups is 1. The lowest BCUT2D eigenvalue weighted by molar-refractivity contribution is -0.386. The summed E-state index contributed by atoms with van der Waals surface area (Å²) in [4.78, 5) is 9.47. The molecule has 0 saturated carbocycles. The largest absolute Gasteiger partial charge is 0.502 e. The van der Waals surface area contributed by atoms with Crippen molar-refractivity contribution in [2.24, 2.45) is 0 Å². The fourth-order valence-electron chi connectivity index (χ4n) is 0.904. The second-order valence-electron chi connectivity index (χ2n) is 2.35. The van der Waals surface area contributed by atoms with Gasteiger partial charge in [-0.2, -0.15) is 0 Å². The van der Waals surface area contributed by atoms with E-state index in [0.29, 0.717) is 0 Å². The van der Waals surface area contributed by atoms with Gasteiger partial charge in [0.05, 0.1) is 10.5 Å². The molecule has 0 aliphatic heterocycles. The minimum absolute atomic E-state index is 0.283. The Bertz CT molecular complexity index is 336. The molecule has 0 radical (unpaired) electrons. The fourth-order valence-corrected chi connectivity index (χ4v) is 0.904. The van der Waals surface area contributed by atoms with Crippen LogP contribution in [0, 0.1) is 10.1 Å². The smallest absolute Gasteiger partial charge is 0.311 e. The van der Waals surface area contributed by atoms with Crippen molar-refractivity contribution in [3.05, 3.63) is 33.9 Å². The first-order valence-corrected chi connectivity index (χ1v) is 3.36. The Hall–Kier alpha value is -1.66. The van der Waals surface area contributed by atoms with Gasteiger partial charge in [-0.25, -0.2) is 0 Å². The molecule has 1 aromatic rings. The van der Waals surface area contributed by atoms with Crippen molar-refractivity contribution in [2.75, 3.05) is 0 Å². The average Bonchev–Trinajstić information content (AvgIpc) is 2.03. The summed E-state index contributed by atoms with van der Waals surface area (Å²) < 4.78 is 0. The van der Waals surface area contributed by atoms with Gasteiger partial charge in [0.1, 0.15) is 0 Å². The predicted molar refractivity (Wildman–Crippen MR) is 41.9 cm³/mol. The predicted octanol–water partition coefficient (Wildman–Crippen LogP) is 0.284. The lowest BCUT2D eigenvalue weighted by Crippen LogP contribution is -1.97. The SMILES string of the molecule is O=[N+]([O-])c1cccc(C(O)O)c1O. The van der Waals surface area contributed by atoms with Gasteiger partial charge < -0.3 is 15.3 Å². The summed E-state index contributed by atoms with van der Waals surface area (Å²) >= 11 is 0. The minimum atomic E-state index is -1.92. The summed E-state index contributed by atoms with van der Waals surface area (Å²) in [6.45, 7) is 0. The number of nitrogens with zero attached hydrogens (tertiary/aromatic N) is 1. The number of phenolic OH excluding ortho intramolecular Hbond substituents is 1. The summed E-state index contributed by atoms with van der Waals surface area (Å²) in [5, 5.41) is 36.8. The third-order valence-electron chi connectivity index (χ3n) is 1.52. The van der Waals surface area contributed by atoms with Gasteiger partial charge in [0.2, 0.25) is 5.75 Å². The molecule has 0 aliphatic carbocycles. The van der Waals surface area contributed by atoms with Crippen LogP contribution in [0.2, 0.25) is 0 Å². The Morgan fingerprint density at radius 3 is 2.46 bits per heavy atom. The summed E-state index contributed by atoms with van der Waals surface area (Å²) in [5.41, 5.74) is -0.834. The first-order chi connectivity index (χ1) is 6.04. The Labute approximate surface area is 72.8 Å². The van der Waals surface area contributed by atoms with Gasteiger partial charge in [-0.05, 0) is 6.07 Å². The van der Waals surface area contributed by atoms with Crippen molar-refractivity contribution in [3.63, 3.8) is 0 Å². The highest BCUT2D eigenvalue weighted by Crippen LogP contribution is 2.31. The van der Waals surface area contributed by atoms with Crippen LogP contribution in [-0.2, 0) is 0 Å². The first-order valence-electron chi connectivity index (χ1n) is 3.36. The van der Waals surface area contributed by atoms with E-state index in [1.807, 2.05) is 0 Å². The standard InChI is InChI=1S/C7H7NO5/c9-6-4(7(10)11)2-1-3-5(6)8(12)13/h1-3,7,9-11H. The molecule has 0 spiro atoms. The molecular formula is C7H7NO5. The third kappa shape index (κ3) is 1.74. The zero-order valence-electron chi connectivity index (χ0n) is 6.41. The number of aliphatic hydroxyl groups excluding tert-OH is 1. The molecule has 0 saturated heterocycles. The highest BCUT2D eigenvalue weighted by molar-refractivity contribution is 5.50. The molecular weight excluding hydrogens is 178 g/mol. The molecule has 1 aromatic carbocycles. The van der Waals surface area contributed by atoms with E-state index < -0.39 is 22.7 Å². The summed E-state index contributed by atoms with van der Waals surface area (Å²) in [6, 6.07) is 3.51. The highest BCUT2D eigenvalue weighted by Gasteiger charge is 2.19. The lowest BCUT2D eigenvalue weighted by Gasteiger charge is -2.05. The van der Waals surface area contributed by atoms with Gasteiger partial charge in [0.25, 0.3) is 0 Å². The fraction of sp³-hybridized carbons (Fsp3) is 0.143. The number of rotatable bonds is 2. The van der Waals surface area contributed by atoms with Gasteiger partial charge in [-0.15, -0.1) is 0 Å². The Balaban J connectivity index is 3.26. The van der Waals surface area contributed by atoms with Crippen LogP contribution in [0.4, 0.5) is 5.69 Å². The van der Waals surface area contributed by atoms with Crippen molar-refractivity contribution >= 4 is 5.69 Å². The van der Waals surface area contributed by atoms with Crippen LogP contribution in [0.5, 0.6) is 5.75 Å². The zero-order chi connectivity index (χ0) is 10.0. The van der Waals surface area contributed by atoms with E-state index in [-0.39, 0.29) is 5.56 Å². The van der Waals surface area contributed by atoms with Crippen LogP contribution in [0.25, 0.3) is 0 Å². The van der Waals surface area contributed by atoms with Gasteiger partial charge in [-0.1, -0.05) is 6.07 Å². The maximum atomic E-state index is 10.3. The number of phenols is 1. The van der Waals surface area contributed by atoms with Gasteiger partial charge in [-0.3, -0.25) is 10.1 Å². The van der Waals surface area contributed by atoms with E-state index in [1.54, 1.807) is 0 Å². The normalized spacial score (nSPS) is 10.4. The van der Waals surface area contributed by atoms with E-state index in [2.05, 4.69) is 0 Å². The molecule has 0 amide bonds. The second-order valence-corrected chi connectivity index (χ2v) is 2.35. The quantitative estimate of drug-likeness (QED) is 0.349. The maximum Gasteiger partial charge on any atom is 0.311 e. The van der Waals surface area contributed by atoms with Crippen LogP contribution in [0.15, 0.2) is 18.2 Å². The molecule has 6 heteroatoms. The van der Waals surface area contributed by atoms with Crippen LogP contribution < -0.4 is 0 Å². The number of para-hydroxylation sites is 1. The molecule has 0 aliphatic rings. The number of hydrogen-bond donors (Lipinski definition) is 3. The zero-order valence-corrected chi connectivity index (χ0v) is 6.41. The summed E-state index contributed by atoms with van der Waals surface area (Å²) in [6.07, 6.45) is -1.92. The van der Waals surface area contributed by atoms with Crippen molar-refractivity contribution < 1.29 is 20.2 Å². The first kappa shape index (κ1) is 9.43. The number of nitro groups is 1. The molecule has 6 nitrogen and oxygen atoms in total. The monoisotopic (exact) mass is 185 g/mol.